The zero-order valence-electron chi connectivity index (χ0n) is 16.3. The fraction of sp³-hybridized carbons (Fsp3) is 0. The fourth-order valence-corrected chi connectivity index (χ4v) is 3.39. The highest BCUT2D eigenvalue weighted by Crippen LogP contribution is 2.37. The Morgan fingerprint density at radius 1 is 1.00 bits per heavy atom. The van der Waals surface area contributed by atoms with Crippen molar-refractivity contribution in [2.45, 2.75) is 0 Å². The smallest absolute Gasteiger partial charge is 0.295 e. The predicted octanol–water partition coefficient (Wildman–Crippen LogP) is 5.25. The summed E-state index contributed by atoms with van der Waals surface area (Å²) in [5.41, 5.74) is 2.76. The van der Waals surface area contributed by atoms with Gasteiger partial charge in [-0.3, -0.25) is 14.9 Å². The van der Waals surface area contributed by atoms with Crippen LogP contribution < -0.4 is 0 Å². The number of hydrogen-bond donors (Lipinski definition) is 3. The number of H-pyrrole nitrogens is 2. The predicted molar refractivity (Wildman–Crippen MR) is 117 cm³/mol. The first-order valence-electron chi connectivity index (χ1n) is 9.50. The summed E-state index contributed by atoms with van der Waals surface area (Å²) in [7, 11) is 0. The summed E-state index contributed by atoms with van der Waals surface area (Å²) in [6.45, 7) is 0. The van der Waals surface area contributed by atoms with Crippen molar-refractivity contribution in [3.63, 3.8) is 0 Å². The number of non-ortho nitro benzene ring substituents is 1. The Hall–Kier alpha value is -4.86. The molecule has 10 heteroatoms. The summed E-state index contributed by atoms with van der Waals surface area (Å²) in [5.74, 6) is -0.298. The number of amides is 1. The number of aromatic amines is 2. The van der Waals surface area contributed by atoms with E-state index in [0.717, 1.165) is 5.56 Å². The van der Waals surface area contributed by atoms with Gasteiger partial charge in [0.1, 0.15) is 5.82 Å². The number of azo groups is 1. The molecule has 0 aliphatic carbocycles. The third kappa shape index (κ3) is 3.35. The molecule has 3 N–H and O–H groups in total. The lowest BCUT2D eigenvalue weighted by atomic mass is 10.2. The van der Waals surface area contributed by atoms with Crippen molar-refractivity contribution in [1.29, 1.82) is 0 Å². The minimum absolute atomic E-state index is 0.0500. The van der Waals surface area contributed by atoms with Crippen molar-refractivity contribution in [3.8, 4) is 17.3 Å². The zero-order chi connectivity index (χ0) is 22.2. The Morgan fingerprint density at radius 2 is 1.81 bits per heavy atom. The van der Waals surface area contributed by atoms with Crippen molar-refractivity contribution in [1.82, 2.24) is 15.0 Å². The van der Waals surface area contributed by atoms with Gasteiger partial charge in [-0.15, -0.1) is 10.2 Å². The number of carbonyl (C=O) groups excluding carboxylic acids is 1. The van der Waals surface area contributed by atoms with E-state index in [-0.39, 0.29) is 28.2 Å². The first-order chi connectivity index (χ1) is 15.5. The average molecular weight is 426 g/mol. The van der Waals surface area contributed by atoms with Crippen LogP contribution in [0.1, 0.15) is 10.4 Å². The van der Waals surface area contributed by atoms with Gasteiger partial charge in [-0.05, 0) is 24.3 Å². The van der Waals surface area contributed by atoms with Gasteiger partial charge in [-0.25, -0.2) is 4.98 Å². The average Bonchev–Trinajstić information content (AvgIpc) is 3.37. The highest BCUT2D eigenvalue weighted by atomic mass is 16.6. The number of aromatic hydroxyl groups is 1. The molecule has 0 bridgehead atoms. The number of fused-ring (bicyclic) bond motifs is 2. The lowest BCUT2D eigenvalue weighted by Crippen LogP contribution is -1.93. The van der Waals surface area contributed by atoms with Crippen LogP contribution in [0, 0.1) is 10.1 Å². The van der Waals surface area contributed by atoms with Crippen LogP contribution in [-0.4, -0.2) is 30.9 Å². The Kier molecular flexibility index (Phi) is 4.44. The molecule has 0 aliphatic heterocycles. The molecular weight excluding hydrogens is 412 g/mol. The van der Waals surface area contributed by atoms with Crippen LogP contribution in [0.15, 0.2) is 77.0 Å². The third-order valence-corrected chi connectivity index (χ3v) is 4.96. The second-order valence-electron chi connectivity index (χ2n) is 7.00. The quantitative estimate of drug-likeness (QED) is 0.204. The molecule has 0 atom stereocenters. The molecule has 156 valence electrons. The number of nitro benzene ring substituents is 1. The molecule has 0 saturated carbocycles. The van der Waals surface area contributed by atoms with Gasteiger partial charge in [0.2, 0.25) is 5.88 Å². The fourth-order valence-electron chi connectivity index (χ4n) is 3.39. The number of imidazole rings is 1. The Morgan fingerprint density at radius 3 is 2.59 bits per heavy atom. The largest absolute Gasteiger partial charge is 0.493 e. The van der Waals surface area contributed by atoms with Crippen LogP contribution >= 0.6 is 0 Å². The first kappa shape index (κ1) is 19.1. The second-order valence-corrected chi connectivity index (χ2v) is 7.00. The Bertz CT molecular complexity index is 1530. The molecule has 3 aromatic carbocycles. The maximum absolute atomic E-state index is 12.6. The van der Waals surface area contributed by atoms with Crippen molar-refractivity contribution >= 4 is 39.2 Å². The summed E-state index contributed by atoms with van der Waals surface area (Å²) in [6.07, 6.45) is 0. The minimum atomic E-state index is -0.637. The van der Waals surface area contributed by atoms with Crippen molar-refractivity contribution in [2.75, 3.05) is 0 Å². The van der Waals surface area contributed by atoms with E-state index < -0.39 is 10.8 Å². The Labute approximate surface area is 179 Å². The van der Waals surface area contributed by atoms with Gasteiger partial charge < -0.3 is 15.1 Å². The molecule has 2 heterocycles. The highest BCUT2D eigenvalue weighted by Gasteiger charge is 2.16. The maximum atomic E-state index is 12.6. The molecule has 0 aliphatic rings. The number of nitrogens with one attached hydrogen (secondary N) is 2. The van der Waals surface area contributed by atoms with E-state index in [1.807, 2.05) is 30.3 Å². The van der Waals surface area contributed by atoms with Crippen LogP contribution in [0.25, 0.3) is 33.3 Å². The molecule has 2 aromatic heterocycles. The van der Waals surface area contributed by atoms with E-state index in [1.165, 1.54) is 18.2 Å². The summed E-state index contributed by atoms with van der Waals surface area (Å²) in [6, 6.07) is 18.5. The number of nitrogens with zero attached hydrogens (tertiary/aromatic N) is 4. The van der Waals surface area contributed by atoms with E-state index in [1.54, 1.807) is 18.2 Å². The zero-order valence-corrected chi connectivity index (χ0v) is 16.3. The second kappa shape index (κ2) is 7.43. The minimum Gasteiger partial charge on any atom is -0.493 e. The highest BCUT2D eigenvalue weighted by molar-refractivity contribution is 5.99. The molecule has 10 nitrogen and oxygen atoms in total. The van der Waals surface area contributed by atoms with Crippen LogP contribution in [0.2, 0.25) is 0 Å². The van der Waals surface area contributed by atoms with Gasteiger partial charge in [0, 0.05) is 28.6 Å². The molecule has 0 unspecified atom stereocenters. The van der Waals surface area contributed by atoms with E-state index in [9.17, 15) is 20.0 Å². The Balaban J connectivity index is 1.46. The van der Waals surface area contributed by atoms with Crippen LogP contribution in [0.3, 0.4) is 0 Å². The van der Waals surface area contributed by atoms with E-state index in [0.29, 0.717) is 22.4 Å². The normalized spacial score (nSPS) is 11.5. The van der Waals surface area contributed by atoms with Gasteiger partial charge in [-0.2, -0.15) is 0 Å². The van der Waals surface area contributed by atoms with Gasteiger partial charge in [-0.1, -0.05) is 30.3 Å². The standard InChI is InChI=1S/C22H14N6O4/c29-21(27-26-19-15-11-14(28(31)32)7-9-16(15)25-22(19)30)13-6-8-17-18(10-13)24-20(23-17)12-4-2-1-3-5-12/h1-11,25,30H,(H,23,24). The number of carbonyl (C=O) groups is 1. The summed E-state index contributed by atoms with van der Waals surface area (Å²) >= 11 is 0. The van der Waals surface area contributed by atoms with Gasteiger partial charge in [0.05, 0.1) is 21.5 Å². The van der Waals surface area contributed by atoms with Crippen molar-refractivity contribution in [3.05, 3.63) is 82.4 Å². The molecule has 0 fully saturated rings. The maximum Gasteiger partial charge on any atom is 0.295 e. The van der Waals surface area contributed by atoms with Gasteiger partial charge >= 0.3 is 0 Å². The van der Waals surface area contributed by atoms with Crippen molar-refractivity contribution < 1.29 is 14.8 Å². The summed E-state index contributed by atoms with van der Waals surface area (Å²) in [4.78, 5) is 33.4. The molecule has 32 heavy (non-hydrogen) atoms. The first-order valence-corrected chi connectivity index (χ1v) is 9.50. The number of rotatable bonds is 4. The lowest BCUT2D eigenvalue weighted by molar-refractivity contribution is -0.384. The molecule has 1 amide bonds. The molecule has 0 saturated heterocycles. The van der Waals surface area contributed by atoms with Crippen LogP contribution in [0.4, 0.5) is 11.4 Å². The van der Waals surface area contributed by atoms with E-state index in [2.05, 4.69) is 25.2 Å². The molecule has 5 aromatic rings. The summed E-state index contributed by atoms with van der Waals surface area (Å²) < 4.78 is 0. The monoisotopic (exact) mass is 426 g/mol. The number of hydrogen-bond acceptors (Lipinski definition) is 6. The SMILES string of the molecule is O=C(N=Nc1c(O)[nH]c2ccc([N+](=O)[O-])cc12)c1ccc2nc(-c3ccccc3)[nH]c2c1. The van der Waals surface area contributed by atoms with E-state index in [4.69, 9.17) is 0 Å². The van der Waals surface area contributed by atoms with Gasteiger partial charge in [0.15, 0.2) is 5.69 Å². The van der Waals surface area contributed by atoms with Crippen LogP contribution in [-0.2, 0) is 0 Å². The van der Waals surface area contributed by atoms with Crippen molar-refractivity contribution in [2.24, 2.45) is 10.2 Å². The summed E-state index contributed by atoms with van der Waals surface area (Å²) in [5, 5.41) is 29.0. The molecule has 5 rings (SSSR count). The number of aromatic nitrogens is 3. The third-order valence-electron chi connectivity index (χ3n) is 4.96. The molecule has 0 radical (unpaired) electrons. The van der Waals surface area contributed by atoms with E-state index >= 15 is 0 Å². The molecular formula is C22H14N6O4. The molecule has 0 spiro atoms. The van der Waals surface area contributed by atoms with Crippen LogP contribution in [0.5, 0.6) is 5.88 Å². The topological polar surface area (TPSA) is 150 Å². The number of benzene rings is 3. The number of nitro groups is 1. The lowest BCUT2D eigenvalue weighted by Gasteiger charge is -1.96. The van der Waals surface area contributed by atoms with Gasteiger partial charge in [0.25, 0.3) is 11.6 Å².